The summed E-state index contributed by atoms with van der Waals surface area (Å²) < 4.78 is 36.7. The first-order valence-corrected chi connectivity index (χ1v) is 14.3. The van der Waals surface area contributed by atoms with E-state index in [4.69, 9.17) is 9.47 Å². The molecular formula is C25H32N4O8S. The number of nitrogens with zero attached hydrogens (tertiary/aromatic N) is 2. The van der Waals surface area contributed by atoms with Crippen LogP contribution in [0, 0.1) is 0 Å². The van der Waals surface area contributed by atoms with E-state index in [1.807, 2.05) is 6.08 Å². The lowest BCUT2D eigenvalue weighted by Gasteiger charge is -2.46. The number of benzene rings is 1. The Morgan fingerprint density at radius 3 is 2.47 bits per heavy atom. The number of sulfonamides is 1. The van der Waals surface area contributed by atoms with Gasteiger partial charge in [0.2, 0.25) is 28.1 Å². The monoisotopic (exact) mass is 548 g/mol. The molecule has 3 aliphatic rings. The first-order valence-electron chi connectivity index (χ1n) is 12.5. The molecule has 0 radical (unpaired) electrons. The molecule has 0 saturated carbocycles. The second kappa shape index (κ2) is 11.6. The SMILES string of the molecule is CCOC1OC(=O)CC1NC(=O)[C@@H]1CN(S(C)(=O)=O)C[C@@H]2C/C=C\C[C@H](NC(=O)c3ccccc3)C(=O)N21. The Hall–Kier alpha value is -3.29. The van der Waals surface area contributed by atoms with Gasteiger partial charge < -0.3 is 25.0 Å². The molecule has 1 aromatic rings. The highest BCUT2D eigenvalue weighted by Crippen LogP contribution is 2.26. The van der Waals surface area contributed by atoms with Crippen LogP contribution in [-0.2, 0) is 33.9 Å². The average Bonchev–Trinajstić information content (AvgIpc) is 3.22. The van der Waals surface area contributed by atoms with Crippen molar-refractivity contribution in [2.24, 2.45) is 0 Å². The van der Waals surface area contributed by atoms with Gasteiger partial charge in [0.05, 0.1) is 12.7 Å². The number of fused-ring (bicyclic) bond motifs is 1. The molecule has 12 nitrogen and oxygen atoms in total. The topological polar surface area (TPSA) is 151 Å². The highest BCUT2D eigenvalue weighted by molar-refractivity contribution is 7.88. The van der Waals surface area contributed by atoms with Crippen LogP contribution in [0.3, 0.4) is 0 Å². The molecular weight excluding hydrogens is 516 g/mol. The van der Waals surface area contributed by atoms with E-state index in [0.29, 0.717) is 12.0 Å². The van der Waals surface area contributed by atoms with Gasteiger partial charge in [-0.25, -0.2) is 8.42 Å². The second-order valence-corrected chi connectivity index (χ2v) is 11.4. The van der Waals surface area contributed by atoms with Crippen molar-refractivity contribution < 1.29 is 37.1 Å². The van der Waals surface area contributed by atoms with E-state index in [0.717, 1.165) is 6.26 Å². The Labute approximate surface area is 221 Å². The zero-order valence-electron chi connectivity index (χ0n) is 21.2. The van der Waals surface area contributed by atoms with Crippen LogP contribution in [0.4, 0.5) is 0 Å². The predicted molar refractivity (Wildman–Crippen MR) is 135 cm³/mol. The molecule has 5 atom stereocenters. The molecule has 0 aliphatic carbocycles. The number of esters is 1. The lowest BCUT2D eigenvalue weighted by Crippen LogP contribution is -2.68. The fraction of sp³-hybridized carbons (Fsp3) is 0.520. The molecule has 0 bridgehead atoms. The number of rotatable bonds is 7. The van der Waals surface area contributed by atoms with Gasteiger partial charge in [0.15, 0.2) is 0 Å². The Morgan fingerprint density at radius 2 is 1.79 bits per heavy atom. The van der Waals surface area contributed by atoms with Crippen molar-refractivity contribution in [1.82, 2.24) is 19.8 Å². The largest absolute Gasteiger partial charge is 0.433 e. The van der Waals surface area contributed by atoms with E-state index in [1.165, 1.54) is 9.21 Å². The van der Waals surface area contributed by atoms with Gasteiger partial charge in [-0.05, 0) is 31.9 Å². The molecule has 0 aromatic heterocycles. The number of hydrogen-bond donors (Lipinski definition) is 2. The van der Waals surface area contributed by atoms with Crippen molar-refractivity contribution in [1.29, 1.82) is 0 Å². The number of carbonyl (C=O) groups is 4. The quantitative estimate of drug-likeness (QED) is 0.350. The number of cyclic esters (lactones) is 1. The van der Waals surface area contributed by atoms with Crippen LogP contribution >= 0.6 is 0 Å². The van der Waals surface area contributed by atoms with Crippen molar-refractivity contribution in [2.75, 3.05) is 26.0 Å². The molecule has 0 spiro atoms. The Balaban J connectivity index is 1.61. The van der Waals surface area contributed by atoms with Gasteiger partial charge in [-0.2, -0.15) is 4.31 Å². The first kappa shape index (κ1) is 27.7. The van der Waals surface area contributed by atoms with Crippen LogP contribution in [0.2, 0.25) is 0 Å². The van der Waals surface area contributed by atoms with Gasteiger partial charge in [0.1, 0.15) is 18.1 Å². The van der Waals surface area contributed by atoms with Crippen molar-refractivity contribution in [3.8, 4) is 0 Å². The van der Waals surface area contributed by atoms with E-state index in [-0.39, 0.29) is 32.5 Å². The van der Waals surface area contributed by atoms with E-state index in [1.54, 1.807) is 43.3 Å². The zero-order chi connectivity index (χ0) is 27.4. The summed E-state index contributed by atoms with van der Waals surface area (Å²) in [4.78, 5) is 53.5. The maximum absolute atomic E-state index is 13.9. The van der Waals surface area contributed by atoms with E-state index in [2.05, 4.69) is 10.6 Å². The maximum Gasteiger partial charge on any atom is 0.310 e. The summed E-state index contributed by atoms with van der Waals surface area (Å²) in [5.74, 6) is -2.10. The summed E-state index contributed by atoms with van der Waals surface area (Å²) in [6, 6.07) is 4.86. The number of nitrogens with one attached hydrogen (secondary N) is 2. The number of piperazine rings is 1. The van der Waals surface area contributed by atoms with Crippen molar-refractivity contribution in [3.63, 3.8) is 0 Å². The highest BCUT2D eigenvalue weighted by atomic mass is 32.2. The minimum atomic E-state index is -3.69. The molecule has 4 rings (SSSR count). The average molecular weight is 549 g/mol. The van der Waals surface area contributed by atoms with Gasteiger partial charge in [-0.15, -0.1) is 0 Å². The standard InChI is InChI=1S/C25H32N4O8S/c1-3-36-25-19(13-21(30)37-25)27-23(32)20-15-28(38(2,34)35)14-17-11-7-8-12-18(24(33)29(17)20)26-22(31)16-9-5-4-6-10-16/h4-10,17-20,25H,3,11-15H2,1-2H3,(H,26,31)(H,27,32)/b8-7-/t17-,18-,19?,20-,25?/m0/s1. The van der Waals surface area contributed by atoms with Crippen LogP contribution in [0.1, 0.15) is 36.5 Å². The third-order valence-corrected chi connectivity index (χ3v) is 7.99. The summed E-state index contributed by atoms with van der Waals surface area (Å²) in [6.07, 6.45) is 4.08. The first-order chi connectivity index (χ1) is 18.1. The maximum atomic E-state index is 13.9. The normalized spacial score (nSPS) is 29.0. The molecule has 38 heavy (non-hydrogen) atoms. The second-order valence-electron chi connectivity index (χ2n) is 9.46. The fourth-order valence-corrected chi connectivity index (χ4v) is 5.76. The van der Waals surface area contributed by atoms with E-state index in [9.17, 15) is 27.6 Å². The van der Waals surface area contributed by atoms with Gasteiger partial charge in [-0.3, -0.25) is 19.2 Å². The fourth-order valence-electron chi connectivity index (χ4n) is 4.90. The molecule has 3 heterocycles. The van der Waals surface area contributed by atoms with Crippen molar-refractivity contribution in [3.05, 3.63) is 48.0 Å². The van der Waals surface area contributed by atoms with Crippen molar-refractivity contribution in [2.45, 2.75) is 56.6 Å². The van der Waals surface area contributed by atoms with E-state index < -0.39 is 64.2 Å². The molecule has 2 fully saturated rings. The van der Waals surface area contributed by atoms with Gasteiger partial charge >= 0.3 is 5.97 Å². The van der Waals surface area contributed by atoms with Crippen LogP contribution in [-0.4, -0.2) is 97.7 Å². The minimum Gasteiger partial charge on any atom is -0.433 e. The Bertz CT molecular complexity index is 1200. The molecule has 206 valence electrons. The highest BCUT2D eigenvalue weighted by Gasteiger charge is 2.47. The summed E-state index contributed by atoms with van der Waals surface area (Å²) >= 11 is 0. The predicted octanol–water partition coefficient (Wildman–Crippen LogP) is -0.230. The lowest BCUT2D eigenvalue weighted by molar-refractivity contribution is -0.165. The summed E-state index contributed by atoms with van der Waals surface area (Å²) in [5, 5.41) is 5.49. The molecule has 2 unspecified atom stereocenters. The van der Waals surface area contributed by atoms with Crippen molar-refractivity contribution >= 4 is 33.7 Å². The molecule has 2 N–H and O–H groups in total. The smallest absolute Gasteiger partial charge is 0.310 e. The lowest BCUT2D eigenvalue weighted by atomic mass is 9.97. The molecule has 13 heteroatoms. The Morgan fingerprint density at radius 1 is 1.08 bits per heavy atom. The number of ether oxygens (including phenoxy) is 2. The van der Waals surface area contributed by atoms with Crippen LogP contribution in [0.5, 0.6) is 0 Å². The minimum absolute atomic E-state index is 0.00460. The molecule has 3 amide bonds. The molecule has 3 aliphatic heterocycles. The Kier molecular flexibility index (Phi) is 8.48. The van der Waals surface area contributed by atoms with Gasteiger partial charge in [0.25, 0.3) is 5.91 Å². The summed E-state index contributed by atoms with van der Waals surface area (Å²) in [5.41, 5.74) is 0.381. The number of carbonyl (C=O) groups excluding carboxylic acids is 4. The van der Waals surface area contributed by atoms with E-state index >= 15 is 0 Å². The zero-order valence-corrected chi connectivity index (χ0v) is 22.1. The summed E-state index contributed by atoms with van der Waals surface area (Å²) in [6.45, 7) is 1.70. The third-order valence-electron chi connectivity index (χ3n) is 6.75. The molecule has 2 saturated heterocycles. The van der Waals surface area contributed by atoms with Crippen LogP contribution in [0.15, 0.2) is 42.5 Å². The number of amides is 3. The molecule has 1 aromatic carbocycles. The van der Waals surface area contributed by atoms with Crippen LogP contribution in [0.25, 0.3) is 0 Å². The van der Waals surface area contributed by atoms with Gasteiger partial charge in [0, 0.05) is 31.3 Å². The van der Waals surface area contributed by atoms with Crippen LogP contribution < -0.4 is 10.6 Å². The third kappa shape index (κ3) is 6.22. The van der Waals surface area contributed by atoms with Gasteiger partial charge in [-0.1, -0.05) is 30.4 Å². The number of hydrogen-bond acceptors (Lipinski definition) is 8. The summed E-state index contributed by atoms with van der Waals surface area (Å²) in [7, 11) is -3.69.